The Morgan fingerprint density at radius 1 is 0.875 bits per heavy atom. The summed E-state index contributed by atoms with van der Waals surface area (Å²) in [5.41, 5.74) is -2.61. The molecule has 0 bridgehead atoms. The molecule has 0 saturated carbocycles. The molecule has 3 nitrogen and oxygen atoms in total. The molecule has 0 radical (unpaired) electrons. The van der Waals surface area contributed by atoms with Crippen LogP contribution in [0.1, 0.15) is 22.6 Å². The summed E-state index contributed by atoms with van der Waals surface area (Å²) in [5, 5.41) is 0. The summed E-state index contributed by atoms with van der Waals surface area (Å²) < 4.78 is 125. The van der Waals surface area contributed by atoms with E-state index in [-0.39, 0.29) is 28.1 Å². The number of nitrogens with zero attached hydrogens (tertiary/aromatic N) is 1. The zero-order valence-electron chi connectivity index (χ0n) is 15.7. The predicted molar refractivity (Wildman–Crippen MR) is 95.2 cm³/mol. The number of halogens is 9. The van der Waals surface area contributed by atoms with Crippen molar-refractivity contribution in [2.24, 2.45) is 0 Å². The minimum Gasteiger partial charge on any atom is -0.436 e. The molecule has 0 N–H and O–H groups in total. The SMILES string of the molecule is FC(F)(F)COC/C(=C\c1cccc(C(F)(F)F)c1)c1nc2cc(C(F)(F)F)ccc2o1. The van der Waals surface area contributed by atoms with Gasteiger partial charge in [0.1, 0.15) is 12.1 Å². The maximum Gasteiger partial charge on any atom is 0.416 e. The monoisotopic (exact) mass is 469 g/mol. The molecule has 0 atom stereocenters. The number of rotatable bonds is 5. The van der Waals surface area contributed by atoms with E-state index in [1.54, 1.807) is 0 Å². The molecule has 0 unspecified atom stereocenters. The summed E-state index contributed by atoms with van der Waals surface area (Å²) in [6, 6.07) is 6.28. The second-order valence-electron chi connectivity index (χ2n) is 6.60. The highest BCUT2D eigenvalue weighted by molar-refractivity contribution is 5.83. The maximum atomic E-state index is 12.9. The molecule has 0 spiro atoms. The minimum atomic E-state index is -4.68. The number of benzene rings is 2. The van der Waals surface area contributed by atoms with Crippen LogP contribution in [-0.4, -0.2) is 24.4 Å². The Kier molecular flexibility index (Phi) is 6.27. The van der Waals surface area contributed by atoms with E-state index in [9.17, 15) is 39.5 Å². The standard InChI is InChI=1S/C20H12F9NO2/c21-18(22,23)10-31-9-12(6-11-2-1-3-13(7-11)19(24,25)26)17-30-15-8-14(20(27,28)29)4-5-16(15)32-17/h1-8H,9-10H2/b12-6+. The quantitative estimate of drug-likeness (QED) is 0.378. The van der Waals surface area contributed by atoms with Crippen LogP contribution in [0, 0.1) is 0 Å². The average Bonchev–Trinajstić information content (AvgIpc) is 3.08. The number of oxazole rings is 1. The summed E-state index contributed by atoms with van der Waals surface area (Å²) in [4.78, 5) is 3.85. The molecule has 1 aromatic heterocycles. The number of ether oxygens (including phenoxy) is 1. The van der Waals surface area contributed by atoms with Gasteiger partial charge < -0.3 is 9.15 Å². The van der Waals surface area contributed by atoms with Crippen molar-refractivity contribution in [2.45, 2.75) is 18.5 Å². The highest BCUT2D eigenvalue weighted by Gasteiger charge is 2.32. The van der Waals surface area contributed by atoms with Crippen LogP contribution in [0.5, 0.6) is 0 Å². The largest absolute Gasteiger partial charge is 0.436 e. The first kappa shape index (κ1) is 23.6. The van der Waals surface area contributed by atoms with E-state index in [4.69, 9.17) is 4.42 Å². The molecule has 1 heterocycles. The van der Waals surface area contributed by atoms with E-state index in [0.717, 1.165) is 36.4 Å². The smallest absolute Gasteiger partial charge is 0.416 e. The van der Waals surface area contributed by atoms with E-state index in [2.05, 4.69) is 9.72 Å². The summed E-state index contributed by atoms with van der Waals surface area (Å²) in [7, 11) is 0. The fraction of sp³-hybridized carbons (Fsp3) is 0.250. The van der Waals surface area contributed by atoms with Crippen molar-refractivity contribution in [3.63, 3.8) is 0 Å². The third-order valence-electron chi connectivity index (χ3n) is 4.07. The summed E-state index contributed by atoms with van der Waals surface area (Å²) in [6.07, 6.45) is -13.0. The van der Waals surface area contributed by atoms with E-state index in [1.807, 2.05) is 0 Å². The first-order valence-corrected chi connectivity index (χ1v) is 8.73. The van der Waals surface area contributed by atoms with Crippen molar-refractivity contribution in [1.29, 1.82) is 0 Å². The Balaban J connectivity index is 2.02. The molecule has 12 heteroatoms. The van der Waals surface area contributed by atoms with Gasteiger partial charge in [-0.3, -0.25) is 0 Å². The normalized spacial score (nSPS) is 13.7. The number of aromatic nitrogens is 1. The van der Waals surface area contributed by atoms with Crippen molar-refractivity contribution in [1.82, 2.24) is 4.98 Å². The van der Waals surface area contributed by atoms with Gasteiger partial charge in [-0.15, -0.1) is 0 Å². The minimum absolute atomic E-state index is 0.0522. The molecule has 0 saturated heterocycles. The Labute approximate surface area is 174 Å². The van der Waals surface area contributed by atoms with Crippen molar-refractivity contribution >= 4 is 22.7 Å². The first-order chi connectivity index (χ1) is 14.7. The van der Waals surface area contributed by atoms with Crippen LogP contribution < -0.4 is 0 Å². The van der Waals surface area contributed by atoms with Crippen LogP contribution in [0.2, 0.25) is 0 Å². The fourth-order valence-corrected chi connectivity index (χ4v) is 2.69. The van der Waals surface area contributed by atoms with Gasteiger partial charge in [-0.25, -0.2) is 4.98 Å². The van der Waals surface area contributed by atoms with Crippen LogP contribution in [0.3, 0.4) is 0 Å². The Morgan fingerprint density at radius 3 is 2.16 bits per heavy atom. The fourth-order valence-electron chi connectivity index (χ4n) is 2.69. The van der Waals surface area contributed by atoms with Gasteiger partial charge in [-0.1, -0.05) is 12.1 Å². The van der Waals surface area contributed by atoms with Crippen molar-refractivity contribution in [3.8, 4) is 0 Å². The lowest BCUT2D eigenvalue weighted by Gasteiger charge is -2.10. The lowest BCUT2D eigenvalue weighted by atomic mass is 10.1. The molecule has 2 aromatic carbocycles. The van der Waals surface area contributed by atoms with Crippen molar-refractivity contribution in [2.75, 3.05) is 13.2 Å². The second-order valence-corrected chi connectivity index (χ2v) is 6.60. The van der Waals surface area contributed by atoms with Gasteiger partial charge in [0.15, 0.2) is 5.58 Å². The molecule has 0 aliphatic carbocycles. The van der Waals surface area contributed by atoms with Crippen LogP contribution in [0.4, 0.5) is 39.5 Å². The molecule has 0 amide bonds. The zero-order valence-corrected chi connectivity index (χ0v) is 15.7. The van der Waals surface area contributed by atoms with E-state index in [0.29, 0.717) is 6.07 Å². The molecular formula is C20H12F9NO2. The third kappa shape index (κ3) is 6.02. The zero-order chi connectivity index (χ0) is 23.7. The molecule has 32 heavy (non-hydrogen) atoms. The lowest BCUT2D eigenvalue weighted by molar-refractivity contribution is -0.170. The van der Waals surface area contributed by atoms with E-state index < -0.39 is 42.9 Å². The number of alkyl halides is 9. The van der Waals surface area contributed by atoms with Crippen LogP contribution in [0.25, 0.3) is 22.7 Å². The van der Waals surface area contributed by atoms with Crippen LogP contribution in [-0.2, 0) is 17.1 Å². The van der Waals surface area contributed by atoms with Gasteiger partial charge in [-0.2, -0.15) is 39.5 Å². The van der Waals surface area contributed by atoms with E-state index in [1.165, 1.54) is 6.07 Å². The summed E-state index contributed by atoms with van der Waals surface area (Å²) in [6.45, 7) is -2.43. The molecule has 3 aromatic rings. The van der Waals surface area contributed by atoms with Crippen LogP contribution >= 0.6 is 0 Å². The van der Waals surface area contributed by atoms with Gasteiger partial charge >= 0.3 is 18.5 Å². The first-order valence-electron chi connectivity index (χ1n) is 8.73. The average molecular weight is 469 g/mol. The van der Waals surface area contributed by atoms with Crippen molar-refractivity contribution < 1.29 is 48.7 Å². The van der Waals surface area contributed by atoms with Gasteiger partial charge in [-0.05, 0) is 42.0 Å². The summed E-state index contributed by atoms with van der Waals surface area (Å²) in [5.74, 6) is -0.390. The molecule has 0 fully saturated rings. The summed E-state index contributed by atoms with van der Waals surface area (Å²) >= 11 is 0. The Hall–Kier alpha value is -3.02. The molecular weight excluding hydrogens is 457 g/mol. The van der Waals surface area contributed by atoms with Crippen molar-refractivity contribution in [3.05, 3.63) is 65.0 Å². The number of fused-ring (bicyclic) bond motifs is 1. The van der Waals surface area contributed by atoms with Gasteiger partial charge in [0, 0.05) is 5.57 Å². The van der Waals surface area contributed by atoms with E-state index >= 15 is 0 Å². The number of hydrogen-bond acceptors (Lipinski definition) is 3. The Morgan fingerprint density at radius 2 is 1.53 bits per heavy atom. The Bertz CT molecular complexity index is 1120. The maximum absolute atomic E-state index is 12.9. The highest BCUT2D eigenvalue weighted by Crippen LogP contribution is 2.33. The lowest BCUT2D eigenvalue weighted by Crippen LogP contribution is -2.17. The predicted octanol–water partition coefficient (Wildman–Crippen LogP) is 6.98. The second kappa shape index (κ2) is 8.49. The van der Waals surface area contributed by atoms with Gasteiger partial charge in [0.2, 0.25) is 5.89 Å². The highest BCUT2D eigenvalue weighted by atomic mass is 19.4. The topological polar surface area (TPSA) is 35.3 Å². The van der Waals surface area contributed by atoms with Crippen LogP contribution in [0.15, 0.2) is 46.9 Å². The molecule has 0 aliphatic heterocycles. The molecule has 3 rings (SSSR count). The third-order valence-corrected chi connectivity index (χ3v) is 4.07. The number of hydrogen-bond donors (Lipinski definition) is 0. The molecule has 0 aliphatic rings. The van der Waals surface area contributed by atoms with Gasteiger partial charge in [0.05, 0.1) is 17.7 Å². The molecule has 172 valence electrons. The van der Waals surface area contributed by atoms with Gasteiger partial charge in [0.25, 0.3) is 0 Å².